The van der Waals surface area contributed by atoms with Gasteiger partial charge >= 0.3 is 5.97 Å². The molecule has 0 radical (unpaired) electrons. The number of ether oxygens (including phenoxy) is 2. The number of hydrogen-bond donors (Lipinski definition) is 0. The SMILES string of the molecule is COC(=O)Cc1cc2oc(-c3ccc(F)cc3)c(C)c2cc1OC(C)C. The van der Waals surface area contributed by atoms with Crippen LogP contribution in [0.3, 0.4) is 0 Å². The summed E-state index contributed by atoms with van der Waals surface area (Å²) in [4.78, 5) is 11.7. The number of carbonyl (C=O) groups excluding carboxylic acids is 1. The molecule has 0 amide bonds. The van der Waals surface area contributed by atoms with Crippen LogP contribution in [0.5, 0.6) is 5.75 Å². The van der Waals surface area contributed by atoms with Gasteiger partial charge in [-0.25, -0.2) is 4.39 Å². The van der Waals surface area contributed by atoms with Crippen molar-refractivity contribution in [3.63, 3.8) is 0 Å². The highest BCUT2D eigenvalue weighted by Crippen LogP contribution is 2.37. The lowest BCUT2D eigenvalue weighted by Crippen LogP contribution is -2.10. The number of aryl methyl sites for hydroxylation is 1. The lowest BCUT2D eigenvalue weighted by atomic mass is 10.0. The van der Waals surface area contributed by atoms with Gasteiger partial charge in [0.15, 0.2) is 0 Å². The molecule has 0 aliphatic heterocycles. The van der Waals surface area contributed by atoms with Crippen molar-refractivity contribution in [1.29, 1.82) is 0 Å². The van der Waals surface area contributed by atoms with Crippen LogP contribution in [0.2, 0.25) is 0 Å². The Morgan fingerprint density at radius 1 is 1.19 bits per heavy atom. The third-order valence-electron chi connectivity index (χ3n) is 4.15. The summed E-state index contributed by atoms with van der Waals surface area (Å²) < 4.78 is 29.9. The summed E-state index contributed by atoms with van der Waals surface area (Å²) in [7, 11) is 1.35. The Morgan fingerprint density at radius 2 is 1.88 bits per heavy atom. The van der Waals surface area contributed by atoms with Crippen molar-refractivity contribution in [1.82, 2.24) is 0 Å². The second-order valence-corrected chi connectivity index (χ2v) is 6.44. The smallest absolute Gasteiger partial charge is 0.310 e. The van der Waals surface area contributed by atoms with E-state index in [-0.39, 0.29) is 24.3 Å². The number of carbonyl (C=O) groups is 1. The van der Waals surface area contributed by atoms with Crippen molar-refractivity contribution < 1.29 is 23.1 Å². The zero-order valence-electron chi connectivity index (χ0n) is 15.3. The predicted octanol–water partition coefficient (Wildman–Crippen LogP) is 5.05. The van der Waals surface area contributed by atoms with Crippen LogP contribution in [0.1, 0.15) is 25.0 Å². The van der Waals surface area contributed by atoms with Gasteiger partial charge in [-0.05, 0) is 57.2 Å². The Hall–Kier alpha value is -2.82. The van der Waals surface area contributed by atoms with E-state index < -0.39 is 0 Å². The Bertz CT molecular complexity index is 939. The lowest BCUT2D eigenvalue weighted by Gasteiger charge is -2.14. The van der Waals surface area contributed by atoms with Crippen molar-refractivity contribution in [2.45, 2.75) is 33.3 Å². The van der Waals surface area contributed by atoms with Crippen molar-refractivity contribution >= 4 is 16.9 Å². The standard InChI is InChI=1S/C21H21FO4/c1-12(2)25-18-11-17-13(3)21(14-5-7-16(22)8-6-14)26-19(17)9-15(18)10-20(23)24-4/h5-9,11-12H,10H2,1-4H3. The molecule has 0 saturated carbocycles. The first kappa shape index (κ1) is 18.0. The predicted molar refractivity (Wildman–Crippen MR) is 97.8 cm³/mol. The van der Waals surface area contributed by atoms with Gasteiger partial charge in [0.25, 0.3) is 0 Å². The van der Waals surface area contributed by atoms with Gasteiger partial charge in [-0.2, -0.15) is 0 Å². The molecule has 4 nitrogen and oxygen atoms in total. The Morgan fingerprint density at radius 3 is 2.50 bits per heavy atom. The molecule has 0 saturated heterocycles. The number of halogens is 1. The maximum Gasteiger partial charge on any atom is 0.310 e. The van der Waals surface area contributed by atoms with Gasteiger partial charge in [0.1, 0.15) is 22.9 Å². The van der Waals surface area contributed by atoms with Gasteiger partial charge in [0.2, 0.25) is 0 Å². The lowest BCUT2D eigenvalue weighted by molar-refractivity contribution is -0.139. The first-order valence-electron chi connectivity index (χ1n) is 8.44. The highest BCUT2D eigenvalue weighted by atomic mass is 19.1. The molecule has 0 fully saturated rings. The maximum atomic E-state index is 13.2. The van der Waals surface area contributed by atoms with E-state index in [1.165, 1.54) is 19.2 Å². The molecule has 0 aliphatic carbocycles. The van der Waals surface area contributed by atoms with Crippen molar-refractivity contribution in [3.8, 4) is 17.1 Å². The summed E-state index contributed by atoms with van der Waals surface area (Å²) in [6.45, 7) is 5.81. The van der Waals surface area contributed by atoms with Crippen molar-refractivity contribution in [3.05, 3.63) is 53.3 Å². The molecule has 0 N–H and O–H groups in total. The van der Waals surface area contributed by atoms with Gasteiger partial charge in [0.05, 0.1) is 19.6 Å². The van der Waals surface area contributed by atoms with E-state index in [4.69, 9.17) is 13.9 Å². The fourth-order valence-corrected chi connectivity index (χ4v) is 2.89. The molecular weight excluding hydrogens is 335 g/mol. The number of esters is 1. The van der Waals surface area contributed by atoms with E-state index in [2.05, 4.69) is 0 Å². The van der Waals surface area contributed by atoms with E-state index in [1.807, 2.05) is 32.9 Å². The minimum absolute atomic E-state index is 0.0346. The molecule has 3 rings (SSSR count). The van der Waals surface area contributed by atoms with Crippen LogP contribution in [0, 0.1) is 12.7 Å². The third-order valence-corrected chi connectivity index (χ3v) is 4.15. The van der Waals surface area contributed by atoms with Gasteiger partial charge in [-0.15, -0.1) is 0 Å². The summed E-state index contributed by atoms with van der Waals surface area (Å²) in [5.74, 6) is 0.661. The van der Waals surface area contributed by atoms with E-state index in [0.29, 0.717) is 22.7 Å². The van der Waals surface area contributed by atoms with E-state index in [1.54, 1.807) is 12.1 Å². The van der Waals surface area contributed by atoms with Crippen LogP contribution in [-0.4, -0.2) is 19.2 Å². The molecule has 0 spiro atoms. The topological polar surface area (TPSA) is 48.7 Å². The fraction of sp³-hybridized carbons (Fsp3) is 0.286. The summed E-state index contributed by atoms with van der Waals surface area (Å²) >= 11 is 0. The Balaban J connectivity index is 2.13. The number of furan rings is 1. The van der Waals surface area contributed by atoms with E-state index in [9.17, 15) is 9.18 Å². The number of hydrogen-bond acceptors (Lipinski definition) is 4. The largest absolute Gasteiger partial charge is 0.491 e. The van der Waals surface area contributed by atoms with E-state index in [0.717, 1.165) is 16.5 Å². The molecule has 2 aromatic carbocycles. The van der Waals surface area contributed by atoms with Crippen LogP contribution < -0.4 is 4.74 Å². The monoisotopic (exact) mass is 356 g/mol. The van der Waals surface area contributed by atoms with Crippen molar-refractivity contribution in [2.24, 2.45) is 0 Å². The minimum atomic E-state index is -0.347. The second kappa shape index (κ2) is 7.20. The Kier molecular flexibility index (Phi) is 4.98. The zero-order valence-corrected chi connectivity index (χ0v) is 15.3. The van der Waals surface area contributed by atoms with Gasteiger partial charge < -0.3 is 13.9 Å². The summed E-state index contributed by atoms with van der Waals surface area (Å²) in [6, 6.07) is 9.86. The van der Waals surface area contributed by atoms with Gasteiger partial charge in [-0.1, -0.05) is 0 Å². The van der Waals surface area contributed by atoms with Gasteiger partial charge in [-0.3, -0.25) is 4.79 Å². The number of fused-ring (bicyclic) bond motifs is 1. The highest BCUT2D eigenvalue weighted by molar-refractivity contribution is 5.90. The highest BCUT2D eigenvalue weighted by Gasteiger charge is 2.18. The average Bonchev–Trinajstić information content (AvgIpc) is 2.91. The molecule has 1 aromatic heterocycles. The minimum Gasteiger partial charge on any atom is -0.491 e. The van der Waals surface area contributed by atoms with Crippen molar-refractivity contribution in [2.75, 3.05) is 7.11 Å². The first-order valence-corrected chi connectivity index (χ1v) is 8.44. The Labute approximate surface area is 151 Å². The number of methoxy groups -OCH3 is 1. The molecule has 1 heterocycles. The van der Waals surface area contributed by atoms with E-state index >= 15 is 0 Å². The second-order valence-electron chi connectivity index (χ2n) is 6.44. The molecule has 3 aromatic rings. The molecule has 0 bridgehead atoms. The van der Waals surface area contributed by atoms with Crippen LogP contribution in [0.4, 0.5) is 4.39 Å². The summed E-state index contributed by atoms with van der Waals surface area (Å²) in [6.07, 6.45) is 0.0627. The number of benzene rings is 2. The molecule has 26 heavy (non-hydrogen) atoms. The fourth-order valence-electron chi connectivity index (χ4n) is 2.89. The zero-order chi connectivity index (χ0) is 18.8. The summed E-state index contributed by atoms with van der Waals surface area (Å²) in [5, 5.41) is 0.897. The van der Waals surface area contributed by atoms with Crippen LogP contribution in [0.15, 0.2) is 40.8 Å². The molecule has 5 heteroatoms. The maximum absolute atomic E-state index is 13.2. The molecule has 0 aliphatic rings. The van der Waals surface area contributed by atoms with Gasteiger partial charge in [0, 0.05) is 22.1 Å². The molecular formula is C21H21FO4. The van der Waals surface area contributed by atoms with Crippen LogP contribution in [0.25, 0.3) is 22.3 Å². The van der Waals surface area contributed by atoms with Crippen LogP contribution >= 0.6 is 0 Å². The molecule has 0 atom stereocenters. The molecule has 136 valence electrons. The first-order chi connectivity index (χ1) is 12.4. The normalized spacial score (nSPS) is 11.2. The van der Waals surface area contributed by atoms with Crippen LogP contribution in [-0.2, 0) is 16.0 Å². The summed E-state index contributed by atoms with van der Waals surface area (Å²) in [5.41, 5.74) is 3.08. The average molecular weight is 356 g/mol. The quantitative estimate of drug-likeness (QED) is 0.600. The third kappa shape index (κ3) is 3.57. The number of rotatable bonds is 5. The molecule has 0 unspecified atom stereocenters.